The van der Waals surface area contributed by atoms with Crippen molar-refractivity contribution in [3.8, 4) is 0 Å². The van der Waals surface area contributed by atoms with Crippen LogP contribution >= 0.6 is 0 Å². The molecule has 2 rings (SSSR count). The van der Waals surface area contributed by atoms with E-state index in [0.717, 1.165) is 16.4 Å². The highest BCUT2D eigenvalue weighted by Crippen LogP contribution is 2.33. The Hall–Kier alpha value is -2.50. The number of anilines is 1. The monoisotopic (exact) mass is 420 g/mol. The van der Waals surface area contributed by atoms with Gasteiger partial charge in [-0.05, 0) is 36.4 Å². The molecule has 152 valence electrons. The van der Waals surface area contributed by atoms with E-state index in [1.807, 2.05) is 0 Å². The van der Waals surface area contributed by atoms with Gasteiger partial charge in [0.15, 0.2) is 0 Å². The Morgan fingerprint density at radius 2 is 1.86 bits per heavy atom. The van der Waals surface area contributed by atoms with E-state index in [9.17, 15) is 30.8 Å². The molecule has 0 aliphatic carbocycles. The number of halogens is 4. The van der Waals surface area contributed by atoms with Crippen molar-refractivity contribution < 1.29 is 35.9 Å². The molecule has 0 saturated carbocycles. The second kappa shape index (κ2) is 8.25. The van der Waals surface area contributed by atoms with Gasteiger partial charge >= 0.3 is 6.18 Å². The number of aliphatic hydroxyl groups is 1. The summed E-state index contributed by atoms with van der Waals surface area (Å²) in [6.45, 7) is -0.559. The molecule has 0 aliphatic heterocycles. The maximum absolute atomic E-state index is 13.3. The van der Waals surface area contributed by atoms with Gasteiger partial charge < -0.3 is 10.4 Å². The fourth-order valence-corrected chi connectivity index (χ4v) is 3.47. The largest absolute Gasteiger partial charge is 0.419 e. The number of nitrogens with one attached hydrogen (secondary N) is 1. The molecule has 1 amide bonds. The molecule has 0 unspecified atom stereocenters. The van der Waals surface area contributed by atoms with Gasteiger partial charge in [-0.2, -0.15) is 17.5 Å². The van der Waals surface area contributed by atoms with E-state index in [4.69, 9.17) is 5.11 Å². The van der Waals surface area contributed by atoms with Crippen LogP contribution in [0.3, 0.4) is 0 Å². The lowest BCUT2D eigenvalue weighted by Gasteiger charge is -2.16. The average Bonchev–Trinajstić information content (AvgIpc) is 2.62. The van der Waals surface area contributed by atoms with Gasteiger partial charge in [-0.15, -0.1) is 0 Å². The van der Waals surface area contributed by atoms with Crippen LogP contribution in [0.2, 0.25) is 0 Å². The number of likely N-dealkylation sites (N-methyl/N-ethyl adjacent to an activating group) is 1. The highest BCUT2D eigenvalue weighted by Gasteiger charge is 2.34. The summed E-state index contributed by atoms with van der Waals surface area (Å²) in [6.07, 6.45) is -4.93. The molecule has 6 nitrogen and oxygen atoms in total. The van der Waals surface area contributed by atoms with Crippen LogP contribution in [0.4, 0.5) is 23.2 Å². The predicted octanol–water partition coefficient (Wildman–Crippen LogP) is 2.71. The third kappa shape index (κ3) is 4.86. The molecule has 0 radical (unpaired) electrons. The van der Waals surface area contributed by atoms with E-state index in [-0.39, 0.29) is 22.7 Å². The van der Waals surface area contributed by atoms with Crippen molar-refractivity contribution in [2.45, 2.75) is 11.1 Å². The molecule has 0 fully saturated rings. The number of benzene rings is 2. The molecular weight excluding hydrogens is 404 g/mol. The SMILES string of the molecule is CN(CCO)S(=O)(=O)c1cccc(C(=O)Nc2ccc(F)c(C(F)(F)F)c2)c1. The first-order chi connectivity index (χ1) is 13.0. The van der Waals surface area contributed by atoms with Crippen LogP contribution in [0.25, 0.3) is 0 Å². The highest BCUT2D eigenvalue weighted by atomic mass is 32.2. The number of alkyl halides is 3. The Morgan fingerprint density at radius 3 is 2.46 bits per heavy atom. The smallest absolute Gasteiger partial charge is 0.395 e. The van der Waals surface area contributed by atoms with Crippen molar-refractivity contribution in [1.82, 2.24) is 4.31 Å². The molecule has 0 heterocycles. The Morgan fingerprint density at radius 1 is 1.18 bits per heavy atom. The number of hydrogen-bond donors (Lipinski definition) is 2. The van der Waals surface area contributed by atoms with Crippen molar-refractivity contribution in [2.75, 3.05) is 25.5 Å². The summed E-state index contributed by atoms with van der Waals surface area (Å²) in [7, 11) is -2.72. The molecule has 0 aromatic heterocycles. The van der Waals surface area contributed by atoms with Gasteiger partial charge in [0, 0.05) is 24.8 Å². The first-order valence-corrected chi connectivity index (χ1v) is 9.26. The predicted molar refractivity (Wildman–Crippen MR) is 92.7 cm³/mol. The number of carbonyl (C=O) groups is 1. The lowest BCUT2D eigenvalue weighted by Crippen LogP contribution is -2.29. The molecule has 11 heteroatoms. The summed E-state index contributed by atoms with van der Waals surface area (Å²) >= 11 is 0. The summed E-state index contributed by atoms with van der Waals surface area (Å²) in [5, 5.41) is 11.1. The molecule has 0 atom stereocenters. The van der Waals surface area contributed by atoms with E-state index >= 15 is 0 Å². The van der Waals surface area contributed by atoms with Crippen LogP contribution in [0.1, 0.15) is 15.9 Å². The molecule has 2 aromatic rings. The minimum atomic E-state index is -4.93. The zero-order valence-electron chi connectivity index (χ0n) is 14.5. The van der Waals surface area contributed by atoms with Crippen LogP contribution in [0.5, 0.6) is 0 Å². The van der Waals surface area contributed by atoms with Crippen LogP contribution < -0.4 is 5.32 Å². The number of hydrogen-bond acceptors (Lipinski definition) is 4. The van der Waals surface area contributed by atoms with Gasteiger partial charge in [0.05, 0.1) is 17.1 Å². The van der Waals surface area contributed by atoms with E-state index < -0.39 is 40.1 Å². The molecule has 2 N–H and O–H groups in total. The van der Waals surface area contributed by atoms with Crippen molar-refractivity contribution >= 4 is 21.6 Å². The Balaban J connectivity index is 2.30. The van der Waals surface area contributed by atoms with E-state index in [2.05, 4.69) is 5.32 Å². The molecular formula is C17H16F4N2O4S. The first-order valence-electron chi connectivity index (χ1n) is 7.82. The minimum Gasteiger partial charge on any atom is -0.395 e. The second-order valence-corrected chi connectivity index (χ2v) is 7.77. The molecule has 0 spiro atoms. The van der Waals surface area contributed by atoms with Gasteiger partial charge in [0.1, 0.15) is 5.82 Å². The van der Waals surface area contributed by atoms with E-state index in [0.29, 0.717) is 12.1 Å². The van der Waals surface area contributed by atoms with Crippen molar-refractivity contribution in [1.29, 1.82) is 0 Å². The summed E-state index contributed by atoms with van der Waals surface area (Å²) in [6, 6.07) is 6.82. The van der Waals surface area contributed by atoms with Gasteiger partial charge in [-0.3, -0.25) is 4.79 Å². The fourth-order valence-electron chi connectivity index (χ4n) is 2.26. The first kappa shape index (κ1) is 21.8. The Bertz CT molecular complexity index is 977. The number of nitrogens with zero attached hydrogens (tertiary/aromatic N) is 1. The lowest BCUT2D eigenvalue weighted by atomic mass is 10.1. The molecule has 0 bridgehead atoms. The summed E-state index contributed by atoms with van der Waals surface area (Å²) in [5.41, 5.74) is -1.96. The summed E-state index contributed by atoms with van der Waals surface area (Å²) in [4.78, 5) is 12.1. The number of sulfonamides is 1. The molecule has 0 aliphatic rings. The number of rotatable bonds is 6. The third-order valence-electron chi connectivity index (χ3n) is 3.75. The van der Waals surface area contributed by atoms with Gasteiger partial charge in [0.25, 0.3) is 5.91 Å². The lowest BCUT2D eigenvalue weighted by molar-refractivity contribution is -0.139. The Kier molecular flexibility index (Phi) is 6.42. The van der Waals surface area contributed by atoms with Crippen molar-refractivity contribution in [2.24, 2.45) is 0 Å². The quantitative estimate of drug-likeness (QED) is 0.704. The summed E-state index contributed by atoms with van der Waals surface area (Å²) in [5.74, 6) is -2.35. The normalized spacial score (nSPS) is 12.2. The second-order valence-electron chi connectivity index (χ2n) is 5.72. The molecule has 28 heavy (non-hydrogen) atoms. The van der Waals surface area contributed by atoms with Crippen LogP contribution in [0, 0.1) is 5.82 Å². The minimum absolute atomic E-state index is 0.128. The van der Waals surface area contributed by atoms with Gasteiger partial charge in [-0.1, -0.05) is 6.07 Å². The van der Waals surface area contributed by atoms with Crippen LogP contribution in [0.15, 0.2) is 47.4 Å². The fraction of sp³-hybridized carbons (Fsp3) is 0.235. The maximum atomic E-state index is 13.3. The van der Waals surface area contributed by atoms with Crippen LogP contribution in [-0.2, 0) is 16.2 Å². The third-order valence-corrected chi connectivity index (χ3v) is 5.60. The van der Waals surface area contributed by atoms with Gasteiger partial charge in [-0.25, -0.2) is 12.8 Å². The van der Waals surface area contributed by atoms with E-state index in [1.165, 1.54) is 25.2 Å². The number of carbonyl (C=O) groups excluding carboxylic acids is 1. The molecule has 2 aromatic carbocycles. The van der Waals surface area contributed by atoms with Crippen molar-refractivity contribution in [3.05, 3.63) is 59.4 Å². The van der Waals surface area contributed by atoms with E-state index in [1.54, 1.807) is 0 Å². The highest BCUT2D eigenvalue weighted by molar-refractivity contribution is 7.89. The number of amides is 1. The van der Waals surface area contributed by atoms with Gasteiger partial charge in [0.2, 0.25) is 10.0 Å². The van der Waals surface area contributed by atoms with Crippen LogP contribution in [-0.4, -0.2) is 43.9 Å². The topological polar surface area (TPSA) is 86.7 Å². The zero-order chi connectivity index (χ0) is 21.1. The standard InChI is InChI=1S/C17H16F4N2O4S/c1-23(7-8-24)28(26,27)13-4-2-3-11(9-13)16(25)22-12-5-6-15(18)14(10-12)17(19,20)21/h2-6,9-10,24H,7-8H2,1H3,(H,22,25). The average molecular weight is 420 g/mol. The zero-order valence-corrected chi connectivity index (χ0v) is 15.3. The summed E-state index contributed by atoms with van der Waals surface area (Å²) < 4.78 is 77.3. The maximum Gasteiger partial charge on any atom is 0.419 e. The Labute approximate surface area is 158 Å². The van der Waals surface area contributed by atoms with Crippen molar-refractivity contribution in [3.63, 3.8) is 0 Å². The number of aliphatic hydroxyl groups excluding tert-OH is 1. The molecule has 0 saturated heterocycles.